The van der Waals surface area contributed by atoms with E-state index in [1.807, 2.05) is 13.8 Å². The molecule has 0 bridgehead atoms. The molecular weight excluding hydrogens is 220 g/mol. The molecule has 0 aromatic heterocycles. The molecular formula is C11H18N4O2. The molecule has 0 aromatic rings. The fourth-order valence-electron chi connectivity index (χ4n) is 1.07. The summed E-state index contributed by atoms with van der Waals surface area (Å²) >= 11 is 0. The summed E-state index contributed by atoms with van der Waals surface area (Å²) in [5.74, 6) is 0.373. The van der Waals surface area contributed by atoms with Crippen molar-refractivity contribution in [2.45, 2.75) is 27.7 Å². The van der Waals surface area contributed by atoms with Crippen LogP contribution in [0.2, 0.25) is 0 Å². The first kappa shape index (κ1) is 15.0. The molecule has 17 heavy (non-hydrogen) atoms. The topological polar surface area (TPSA) is 78.1 Å². The van der Waals surface area contributed by atoms with Crippen molar-refractivity contribution in [3.05, 3.63) is 11.9 Å². The number of hydrogen-bond acceptors (Lipinski definition) is 5. The van der Waals surface area contributed by atoms with Gasteiger partial charge in [-0.15, -0.1) is 0 Å². The second kappa shape index (κ2) is 7.32. The standard InChI is InChI=1S/C9H12N4O2.C2H6/c1-4-7-11-9(15-3)8(6(2)14)12-13(7)5-10;1-2/h4-5,10H,1-3H3;1-2H3/b7-4-,10-5?;. The molecule has 1 aliphatic rings. The Morgan fingerprint density at radius 3 is 2.41 bits per heavy atom. The number of allylic oxidation sites excluding steroid dienone is 1. The molecule has 0 fully saturated rings. The Morgan fingerprint density at radius 2 is 2.06 bits per heavy atom. The van der Waals surface area contributed by atoms with Crippen LogP contribution in [0.5, 0.6) is 0 Å². The number of carbonyl (C=O) groups is 1. The Hall–Kier alpha value is -1.98. The Bertz CT molecular complexity index is 383. The van der Waals surface area contributed by atoms with E-state index in [0.29, 0.717) is 5.82 Å². The van der Waals surface area contributed by atoms with Crippen molar-refractivity contribution < 1.29 is 9.53 Å². The molecule has 6 nitrogen and oxygen atoms in total. The average Bonchev–Trinajstić information content (AvgIpc) is 2.39. The molecule has 0 radical (unpaired) electrons. The van der Waals surface area contributed by atoms with Crippen LogP contribution in [0.4, 0.5) is 0 Å². The van der Waals surface area contributed by atoms with Crippen molar-refractivity contribution in [2.24, 2.45) is 10.1 Å². The summed E-state index contributed by atoms with van der Waals surface area (Å²) in [4.78, 5) is 15.3. The van der Waals surface area contributed by atoms with Gasteiger partial charge in [0.25, 0.3) is 0 Å². The Balaban J connectivity index is 0.00000121. The van der Waals surface area contributed by atoms with Crippen molar-refractivity contribution in [1.82, 2.24) is 5.01 Å². The number of ketones is 1. The number of methoxy groups -OCH3 is 1. The predicted octanol–water partition coefficient (Wildman–Crippen LogP) is 1.79. The third-order valence-corrected chi connectivity index (χ3v) is 1.77. The van der Waals surface area contributed by atoms with Crippen LogP contribution in [-0.2, 0) is 9.53 Å². The number of hydrogen-bond donors (Lipinski definition) is 1. The fraction of sp³-hybridized carbons (Fsp3) is 0.455. The van der Waals surface area contributed by atoms with Crippen molar-refractivity contribution in [3.8, 4) is 0 Å². The molecule has 0 unspecified atom stereocenters. The molecule has 0 saturated heterocycles. The van der Waals surface area contributed by atoms with Gasteiger partial charge in [0.2, 0.25) is 5.90 Å². The first-order valence-corrected chi connectivity index (χ1v) is 5.32. The van der Waals surface area contributed by atoms with E-state index in [2.05, 4.69) is 10.1 Å². The van der Waals surface area contributed by atoms with Crippen molar-refractivity contribution in [3.63, 3.8) is 0 Å². The van der Waals surface area contributed by atoms with E-state index in [0.717, 1.165) is 6.34 Å². The molecule has 0 aromatic carbocycles. The number of ether oxygens (including phenoxy) is 1. The second-order valence-electron chi connectivity index (χ2n) is 2.75. The molecule has 0 atom stereocenters. The van der Waals surface area contributed by atoms with E-state index in [9.17, 15) is 4.79 Å². The van der Waals surface area contributed by atoms with E-state index in [4.69, 9.17) is 10.1 Å². The van der Waals surface area contributed by atoms with Crippen molar-refractivity contribution >= 4 is 23.7 Å². The van der Waals surface area contributed by atoms with Gasteiger partial charge >= 0.3 is 0 Å². The second-order valence-corrected chi connectivity index (χ2v) is 2.75. The van der Waals surface area contributed by atoms with Crippen LogP contribution >= 0.6 is 0 Å². The lowest BCUT2D eigenvalue weighted by Crippen LogP contribution is -2.32. The van der Waals surface area contributed by atoms with Crippen molar-refractivity contribution in [2.75, 3.05) is 7.11 Å². The van der Waals surface area contributed by atoms with Gasteiger partial charge in [-0.1, -0.05) is 13.8 Å². The van der Waals surface area contributed by atoms with Gasteiger partial charge < -0.3 is 4.74 Å². The van der Waals surface area contributed by atoms with Gasteiger partial charge in [-0.05, 0) is 13.0 Å². The zero-order valence-electron chi connectivity index (χ0n) is 10.8. The van der Waals surface area contributed by atoms with E-state index in [1.165, 1.54) is 19.0 Å². The van der Waals surface area contributed by atoms with Crippen LogP contribution in [0.1, 0.15) is 27.7 Å². The number of Topliss-reactive ketones (excluding diaryl/α,β-unsaturated/α-hetero) is 1. The molecule has 0 aliphatic carbocycles. The zero-order valence-corrected chi connectivity index (χ0v) is 10.8. The maximum absolute atomic E-state index is 11.2. The SMILES string of the molecule is C/C=C1/N=C(OC)C(C(C)=O)=NN1C=N.CC. The molecule has 1 heterocycles. The molecule has 0 saturated carbocycles. The number of carbonyl (C=O) groups excluding carboxylic acids is 1. The van der Waals surface area contributed by atoms with E-state index in [1.54, 1.807) is 13.0 Å². The lowest BCUT2D eigenvalue weighted by atomic mass is 10.2. The summed E-state index contributed by atoms with van der Waals surface area (Å²) in [7, 11) is 1.42. The molecule has 94 valence electrons. The average molecular weight is 238 g/mol. The van der Waals surface area contributed by atoms with Gasteiger partial charge in [0.1, 0.15) is 6.34 Å². The van der Waals surface area contributed by atoms with Crippen LogP contribution < -0.4 is 0 Å². The zero-order chi connectivity index (χ0) is 13.4. The maximum atomic E-state index is 11.2. The summed E-state index contributed by atoms with van der Waals surface area (Å²) in [6, 6.07) is 0. The Morgan fingerprint density at radius 1 is 1.47 bits per heavy atom. The highest BCUT2D eigenvalue weighted by Crippen LogP contribution is 2.12. The van der Waals surface area contributed by atoms with Crippen LogP contribution in [0, 0.1) is 5.41 Å². The predicted molar refractivity (Wildman–Crippen MR) is 68.3 cm³/mol. The summed E-state index contributed by atoms with van der Waals surface area (Å²) in [6.07, 6.45) is 2.65. The largest absolute Gasteiger partial charge is 0.479 e. The molecule has 1 rings (SSSR count). The monoisotopic (exact) mass is 238 g/mol. The molecule has 0 spiro atoms. The van der Waals surface area contributed by atoms with Gasteiger partial charge in [-0.25, -0.2) is 5.01 Å². The molecule has 6 heteroatoms. The molecule has 1 N–H and O–H groups in total. The lowest BCUT2D eigenvalue weighted by molar-refractivity contribution is -0.111. The number of rotatable bonds is 2. The first-order chi connectivity index (χ1) is 8.13. The quantitative estimate of drug-likeness (QED) is 0.588. The number of nitrogens with zero attached hydrogens (tertiary/aromatic N) is 3. The minimum atomic E-state index is -0.252. The molecule has 0 amide bonds. The fourth-order valence-corrected chi connectivity index (χ4v) is 1.07. The number of aliphatic imine (C=N–C) groups is 1. The van der Waals surface area contributed by atoms with Gasteiger partial charge in [0.05, 0.1) is 7.11 Å². The van der Waals surface area contributed by atoms with E-state index >= 15 is 0 Å². The Labute approximate surface area is 101 Å². The van der Waals surface area contributed by atoms with Gasteiger partial charge in [-0.3, -0.25) is 10.2 Å². The van der Waals surface area contributed by atoms with E-state index in [-0.39, 0.29) is 17.4 Å². The highest BCUT2D eigenvalue weighted by molar-refractivity contribution is 6.65. The Kier molecular flexibility index (Phi) is 6.47. The normalized spacial score (nSPS) is 16.5. The smallest absolute Gasteiger partial charge is 0.247 e. The van der Waals surface area contributed by atoms with Gasteiger partial charge in [0.15, 0.2) is 17.3 Å². The highest BCUT2D eigenvalue weighted by Gasteiger charge is 2.23. The summed E-state index contributed by atoms with van der Waals surface area (Å²) < 4.78 is 4.95. The third kappa shape index (κ3) is 3.51. The van der Waals surface area contributed by atoms with Crippen molar-refractivity contribution in [1.29, 1.82) is 5.41 Å². The minimum Gasteiger partial charge on any atom is -0.479 e. The van der Waals surface area contributed by atoms with Crippen LogP contribution in [-0.4, -0.2) is 35.8 Å². The summed E-state index contributed by atoms with van der Waals surface area (Å²) in [5, 5.41) is 12.3. The third-order valence-electron chi connectivity index (χ3n) is 1.77. The minimum absolute atomic E-state index is 0.117. The number of nitrogens with one attached hydrogen (secondary N) is 1. The van der Waals surface area contributed by atoms with Crippen LogP contribution in [0.3, 0.4) is 0 Å². The van der Waals surface area contributed by atoms with E-state index < -0.39 is 0 Å². The summed E-state index contributed by atoms with van der Waals surface area (Å²) in [6.45, 7) is 7.13. The van der Waals surface area contributed by atoms with Crippen LogP contribution in [0.25, 0.3) is 0 Å². The lowest BCUT2D eigenvalue weighted by Gasteiger charge is -2.20. The van der Waals surface area contributed by atoms with Gasteiger partial charge in [-0.2, -0.15) is 10.1 Å². The summed E-state index contributed by atoms with van der Waals surface area (Å²) in [5.41, 5.74) is 0.117. The van der Waals surface area contributed by atoms with Crippen LogP contribution in [0.15, 0.2) is 22.0 Å². The highest BCUT2D eigenvalue weighted by atomic mass is 16.5. The molecule has 1 aliphatic heterocycles. The number of hydrazone groups is 1. The first-order valence-electron chi connectivity index (χ1n) is 5.32. The maximum Gasteiger partial charge on any atom is 0.247 e. The van der Waals surface area contributed by atoms with Gasteiger partial charge in [0, 0.05) is 6.92 Å².